The summed E-state index contributed by atoms with van der Waals surface area (Å²) in [5, 5.41) is 9.09. The first-order valence-corrected chi connectivity index (χ1v) is 12.5. The van der Waals surface area contributed by atoms with E-state index in [2.05, 4.69) is 60.1 Å². The van der Waals surface area contributed by atoms with E-state index in [9.17, 15) is 4.57 Å². The minimum absolute atomic E-state index is 0.321. The Bertz CT molecular complexity index is 536. The Balaban J connectivity index is 3.55. The normalized spacial score (nSPS) is 14.1. The Hall–Kier alpha value is -1.01. The van der Waals surface area contributed by atoms with Crippen LogP contribution in [0.15, 0.2) is 48.6 Å². The van der Waals surface area contributed by atoms with Crippen molar-refractivity contribution in [1.29, 1.82) is 0 Å². The van der Waals surface area contributed by atoms with Gasteiger partial charge < -0.3 is 19.6 Å². The predicted octanol–water partition coefficient (Wildman–Crippen LogP) is 5.62. The van der Waals surface area contributed by atoms with E-state index in [1.54, 1.807) is 0 Å². The number of phosphoric ester groups is 1. The molecule has 6 nitrogen and oxygen atoms in total. The maximum absolute atomic E-state index is 10.6. The van der Waals surface area contributed by atoms with Gasteiger partial charge in [0.2, 0.25) is 0 Å². The van der Waals surface area contributed by atoms with Gasteiger partial charge in [-0.2, -0.15) is 0 Å². The highest BCUT2D eigenvalue weighted by atomic mass is 31.2. The largest absolute Gasteiger partial charge is 0.469 e. The third-order valence-electron chi connectivity index (χ3n) is 4.21. The lowest BCUT2D eigenvalue weighted by molar-refractivity contribution is -0.0203. The van der Waals surface area contributed by atoms with Crippen molar-refractivity contribution >= 4 is 7.82 Å². The Morgan fingerprint density at radius 2 is 1.30 bits per heavy atom. The van der Waals surface area contributed by atoms with Gasteiger partial charge in [-0.05, 0) is 51.4 Å². The van der Waals surface area contributed by atoms with E-state index in [1.807, 2.05) is 0 Å². The van der Waals surface area contributed by atoms with Gasteiger partial charge in [0, 0.05) is 6.61 Å². The van der Waals surface area contributed by atoms with Gasteiger partial charge in [-0.1, -0.05) is 68.4 Å². The van der Waals surface area contributed by atoms with E-state index in [1.165, 1.54) is 25.7 Å². The third-order valence-corrected chi connectivity index (χ3v) is 4.69. The van der Waals surface area contributed by atoms with Crippen LogP contribution < -0.4 is 0 Å². The summed E-state index contributed by atoms with van der Waals surface area (Å²) in [6.07, 6.45) is 27.5. The van der Waals surface area contributed by atoms with Crippen LogP contribution in [-0.2, 0) is 13.8 Å². The van der Waals surface area contributed by atoms with Gasteiger partial charge in [-0.3, -0.25) is 4.52 Å². The van der Waals surface area contributed by atoms with Crippen LogP contribution >= 0.6 is 7.82 Å². The standard InChI is InChI=1S/C23H41O6P/c1-2-3-4-5-6-7-8-9-10-11-12-13-14-15-16-17-18-19-20-28-23(21-24)22-29-30(25,26)27/h6-7,9-10,12-13,15-16,23-24H,2-5,8,11,14,17-22H2,1H3,(H2,25,26,27)/b7-6-,10-9-,13-12-,16-15-. The first-order chi connectivity index (χ1) is 14.5. The molecule has 0 heterocycles. The number of rotatable bonds is 20. The number of hydrogen-bond acceptors (Lipinski definition) is 4. The molecule has 1 unspecified atom stereocenters. The van der Waals surface area contributed by atoms with Crippen LogP contribution in [0, 0.1) is 0 Å². The summed E-state index contributed by atoms with van der Waals surface area (Å²) in [7, 11) is -4.52. The molecule has 0 fully saturated rings. The maximum atomic E-state index is 10.6. The Morgan fingerprint density at radius 3 is 1.77 bits per heavy atom. The van der Waals surface area contributed by atoms with Crippen LogP contribution in [0.3, 0.4) is 0 Å². The molecule has 0 rings (SSSR count). The molecular formula is C23H41O6P. The third kappa shape index (κ3) is 23.3. The molecule has 174 valence electrons. The second kappa shape index (κ2) is 21.2. The van der Waals surface area contributed by atoms with Crippen LogP contribution in [0.4, 0.5) is 0 Å². The number of hydrogen-bond donors (Lipinski definition) is 3. The first-order valence-electron chi connectivity index (χ1n) is 11.0. The molecule has 0 aliphatic heterocycles. The summed E-state index contributed by atoms with van der Waals surface area (Å²) in [4.78, 5) is 17.3. The molecular weight excluding hydrogens is 403 g/mol. The quantitative estimate of drug-likeness (QED) is 0.128. The molecule has 0 aromatic carbocycles. The monoisotopic (exact) mass is 444 g/mol. The maximum Gasteiger partial charge on any atom is 0.469 e. The summed E-state index contributed by atoms with van der Waals surface area (Å²) in [6, 6.07) is 0. The first kappa shape index (κ1) is 29.0. The Morgan fingerprint density at radius 1 is 0.800 bits per heavy atom. The lowest BCUT2D eigenvalue weighted by Crippen LogP contribution is -2.24. The zero-order valence-corrected chi connectivity index (χ0v) is 19.3. The van der Waals surface area contributed by atoms with Crippen molar-refractivity contribution in [2.75, 3.05) is 19.8 Å². The van der Waals surface area contributed by atoms with E-state index in [0.29, 0.717) is 6.61 Å². The van der Waals surface area contributed by atoms with E-state index in [-0.39, 0.29) is 13.2 Å². The zero-order valence-electron chi connectivity index (χ0n) is 18.4. The van der Waals surface area contributed by atoms with Crippen LogP contribution in [0.1, 0.15) is 71.1 Å². The smallest absolute Gasteiger partial charge is 0.394 e. The van der Waals surface area contributed by atoms with Gasteiger partial charge in [0.1, 0.15) is 6.10 Å². The molecule has 0 aliphatic rings. The van der Waals surface area contributed by atoms with Gasteiger partial charge in [-0.15, -0.1) is 0 Å². The van der Waals surface area contributed by atoms with Crippen molar-refractivity contribution < 1.29 is 28.7 Å². The number of aliphatic hydroxyl groups excluding tert-OH is 1. The molecule has 7 heteroatoms. The van der Waals surface area contributed by atoms with Crippen molar-refractivity contribution in [3.8, 4) is 0 Å². The van der Waals surface area contributed by atoms with Crippen molar-refractivity contribution in [3.05, 3.63) is 48.6 Å². The van der Waals surface area contributed by atoms with Gasteiger partial charge in [0.25, 0.3) is 0 Å². The summed E-state index contributed by atoms with van der Waals surface area (Å²) in [5.41, 5.74) is 0. The van der Waals surface area contributed by atoms with E-state index < -0.39 is 13.9 Å². The van der Waals surface area contributed by atoms with Gasteiger partial charge in [-0.25, -0.2) is 4.57 Å². The molecule has 3 N–H and O–H groups in total. The predicted molar refractivity (Wildman–Crippen MR) is 123 cm³/mol. The average Bonchev–Trinajstić information content (AvgIpc) is 2.71. The molecule has 0 amide bonds. The number of ether oxygens (including phenoxy) is 1. The second-order valence-electron chi connectivity index (χ2n) is 7.05. The average molecular weight is 445 g/mol. The highest BCUT2D eigenvalue weighted by Crippen LogP contribution is 2.35. The highest BCUT2D eigenvalue weighted by Gasteiger charge is 2.18. The zero-order chi connectivity index (χ0) is 22.3. The van der Waals surface area contributed by atoms with E-state index in [4.69, 9.17) is 19.6 Å². The SMILES string of the molecule is CCCCC/C=C\C/C=C\C/C=C\C/C=C\CCCCOC(CO)COP(=O)(O)O. The molecule has 0 aliphatic carbocycles. The minimum atomic E-state index is -4.52. The van der Waals surface area contributed by atoms with Crippen molar-refractivity contribution in [2.24, 2.45) is 0 Å². The van der Waals surface area contributed by atoms with Crippen LogP contribution in [-0.4, -0.2) is 40.8 Å². The van der Waals surface area contributed by atoms with Crippen molar-refractivity contribution in [3.63, 3.8) is 0 Å². The summed E-state index contributed by atoms with van der Waals surface area (Å²) < 4.78 is 20.3. The highest BCUT2D eigenvalue weighted by molar-refractivity contribution is 7.46. The van der Waals surface area contributed by atoms with Gasteiger partial charge >= 0.3 is 7.82 Å². The number of aliphatic hydroxyl groups is 1. The molecule has 0 aromatic rings. The fraction of sp³-hybridized carbons (Fsp3) is 0.652. The Kier molecular flexibility index (Phi) is 20.5. The fourth-order valence-electron chi connectivity index (χ4n) is 2.51. The summed E-state index contributed by atoms with van der Waals surface area (Å²) in [5.74, 6) is 0. The molecule has 30 heavy (non-hydrogen) atoms. The molecule has 0 radical (unpaired) electrons. The Labute approximate surface area is 182 Å². The molecule has 1 atom stereocenters. The second-order valence-corrected chi connectivity index (χ2v) is 8.29. The molecule has 0 saturated carbocycles. The summed E-state index contributed by atoms with van der Waals surface area (Å²) in [6.45, 7) is 1.99. The minimum Gasteiger partial charge on any atom is -0.394 e. The van der Waals surface area contributed by atoms with Crippen molar-refractivity contribution in [1.82, 2.24) is 0 Å². The van der Waals surface area contributed by atoms with Gasteiger partial charge in [0.15, 0.2) is 0 Å². The fourth-order valence-corrected chi connectivity index (χ4v) is 2.87. The molecule has 0 aromatic heterocycles. The van der Waals surface area contributed by atoms with E-state index in [0.717, 1.165) is 38.5 Å². The van der Waals surface area contributed by atoms with Crippen LogP contribution in [0.25, 0.3) is 0 Å². The lowest BCUT2D eigenvalue weighted by atomic mass is 10.2. The number of allylic oxidation sites excluding steroid dienone is 8. The van der Waals surface area contributed by atoms with Crippen LogP contribution in [0.2, 0.25) is 0 Å². The topological polar surface area (TPSA) is 96.2 Å². The summed E-state index contributed by atoms with van der Waals surface area (Å²) >= 11 is 0. The van der Waals surface area contributed by atoms with E-state index >= 15 is 0 Å². The molecule has 0 spiro atoms. The van der Waals surface area contributed by atoms with Crippen molar-refractivity contribution in [2.45, 2.75) is 77.2 Å². The molecule has 0 saturated heterocycles. The molecule has 0 bridgehead atoms. The number of phosphoric acid groups is 1. The lowest BCUT2D eigenvalue weighted by Gasteiger charge is -2.15. The number of unbranched alkanes of at least 4 members (excludes halogenated alkanes) is 5. The van der Waals surface area contributed by atoms with Gasteiger partial charge in [0.05, 0.1) is 13.2 Å². The van der Waals surface area contributed by atoms with Crippen LogP contribution in [0.5, 0.6) is 0 Å².